The first-order valence-electron chi connectivity index (χ1n) is 11.7. The van der Waals surface area contributed by atoms with Gasteiger partial charge in [0.05, 0.1) is 36.6 Å². The molecule has 0 fully saturated rings. The third kappa shape index (κ3) is 5.62. The predicted molar refractivity (Wildman–Crippen MR) is 137 cm³/mol. The van der Waals surface area contributed by atoms with Gasteiger partial charge in [-0.1, -0.05) is 12.8 Å². The normalized spacial score (nSPS) is 11.1. The molecule has 0 aliphatic carbocycles. The van der Waals surface area contributed by atoms with E-state index in [1.807, 2.05) is 50.2 Å². The van der Waals surface area contributed by atoms with Crippen molar-refractivity contribution < 1.29 is 9.47 Å². The number of ether oxygens (including phenoxy) is 2. The lowest BCUT2D eigenvalue weighted by Crippen LogP contribution is -2.06. The van der Waals surface area contributed by atoms with Crippen molar-refractivity contribution in [2.24, 2.45) is 0 Å². The first-order chi connectivity index (χ1) is 16.6. The highest BCUT2D eigenvalue weighted by molar-refractivity contribution is 5.89. The molecule has 178 valence electrons. The molecule has 0 radical (unpaired) electrons. The Hall–Kier alpha value is -3.68. The van der Waals surface area contributed by atoms with Crippen molar-refractivity contribution in [2.75, 3.05) is 37.9 Å². The Kier molecular flexibility index (Phi) is 7.57. The van der Waals surface area contributed by atoms with Crippen LogP contribution < -0.4 is 20.1 Å². The number of methoxy groups -OCH3 is 2. The lowest BCUT2D eigenvalue weighted by molar-refractivity contribution is 0.399. The molecule has 0 spiro atoms. The summed E-state index contributed by atoms with van der Waals surface area (Å²) < 4.78 is 10.6. The van der Waals surface area contributed by atoms with Gasteiger partial charge in [-0.05, 0) is 51.0 Å². The minimum absolute atomic E-state index is 0.597. The third-order valence-corrected chi connectivity index (χ3v) is 5.66. The number of rotatable bonds is 11. The number of hydrogen-bond donors (Lipinski definition) is 2. The molecule has 0 aliphatic heterocycles. The topological polar surface area (TPSA) is 94.1 Å². The monoisotopic (exact) mass is 460 g/mol. The number of unbranched alkanes of at least 4 members (excludes halogenated alkanes) is 3. The van der Waals surface area contributed by atoms with Gasteiger partial charge in [0.15, 0.2) is 0 Å². The van der Waals surface area contributed by atoms with Crippen LogP contribution in [0.1, 0.15) is 37.1 Å². The van der Waals surface area contributed by atoms with Crippen molar-refractivity contribution in [1.29, 1.82) is 0 Å². The summed E-state index contributed by atoms with van der Waals surface area (Å²) in [6.07, 6.45) is 4.47. The van der Waals surface area contributed by atoms with E-state index in [0.29, 0.717) is 11.8 Å². The second-order valence-corrected chi connectivity index (χ2v) is 8.33. The van der Waals surface area contributed by atoms with Crippen molar-refractivity contribution in [2.45, 2.75) is 39.5 Å². The van der Waals surface area contributed by atoms with Crippen LogP contribution in [0.4, 0.5) is 11.4 Å². The van der Waals surface area contributed by atoms with E-state index in [9.17, 15) is 0 Å². The minimum Gasteiger partial charge on any atom is -0.481 e. The molecular weight excluding hydrogens is 428 g/mol. The summed E-state index contributed by atoms with van der Waals surface area (Å²) in [5.74, 6) is 1.19. The Bertz CT molecular complexity index is 1180. The van der Waals surface area contributed by atoms with E-state index >= 15 is 0 Å². The Morgan fingerprint density at radius 3 is 1.47 bits per heavy atom. The van der Waals surface area contributed by atoms with Gasteiger partial charge in [0.25, 0.3) is 0 Å². The van der Waals surface area contributed by atoms with Crippen LogP contribution in [0.5, 0.6) is 11.8 Å². The Morgan fingerprint density at radius 2 is 1.06 bits per heavy atom. The van der Waals surface area contributed by atoms with Crippen LogP contribution in [0.2, 0.25) is 0 Å². The fourth-order valence-corrected chi connectivity index (χ4v) is 3.99. The van der Waals surface area contributed by atoms with Gasteiger partial charge in [-0.15, -0.1) is 0 Å². The minimum atomic E-state index is 0.597. The zero-order chi connectivity index (χ0) is 23.9. The molecule has 0 aromatic carbocycles. The van der Waals surface area contributed by atoms with E-state index in [-0.39, 0.29) is 0 Å². The number of nitrogens with one attached hydrogen (secondary N) is 2. The molecule has 4 aromatic heterocycles. The average molecular weight is 461 g/mol. The van der Waals surface area contributed by atoms with E-state index < -0.39 is 0 Å². The molecule has 0 unspecified atom stereocenters. The lowest BCUT2D eigenvalue weighted by Gasteiger charge is -2.12. The number of anilines is 2. The van der Waals surface area contributed by atoms with E-state index in [4.69, 9.17) is 9.47 Å². The van der Waals surface area contributed by atoms with Crippen molar-refractivity contribution in [3.8, 4) is 11.8 Å². The first kappa shape index (κ1) is 23.5. The lowest BCUT2D eigenvalue weighted by atomic mass is 10.1. The van der Waals surface area contributed by atoms with Gasteiger partial charge in [-0.25, -0.2) is 9.97 Å². The molecule has 8 nitrogen and oxygen atoms in total. The van der Waals surface area contributed by atoms with Crippen LogP contribution >= 0.6 is 0 Å². The van der Waals surface area contributed by atoms with Crippen LogP contribution in [0.25, 0.3) is 22.1 Å². The Balaban J connectivity index is 1.24. The maximum atomic E-state index is 5.28. The second-order valence-electron chi connectivity index (χ2n) is 8.33. The summed E-state index contributed by atoms with van der Waals surface area (Å²) in [6.45, 7) is 5.79. The Labute approximate surface area is 200 Å². The van der Waals surface area contributed by atoms with Crippen molar-refractivity contribution >= 4 is 33.4 Å². The van der Waals surface area contributed by atoms with E-state index in [1.165, 1.54) is 0 Å². The summed E-state index contributed by atoms with van der Waals surface area (Å²) in [6, 6.07) is 11.7. The Morgan fingerprint density at radius 1 is 0.618 bits per heavy atom. The molecule has 0 aliphatic rings. The van der Waals surface area contributed by atoms with Gasteiger partial charge in [0.1, 0.15) is 11.0 Å². The third-order valence-electron chi connectivity index (χ3n) is 5.66. The molecule has 0 saturated heterocycles. The van der Waals surface area contributed by atoms with Crippen molar-refractivity contribution in [1.82, 2.24) is 19.9 Å². The number of aryl methyl sites for hydroxylation is 2. The van der Waals surface area contributed by atoms with Crippen LogP contribution in [0.3, 0.4) is 0 Å². The van der Waals surface area contributed by atoms with Gasteiger partial charge >= 0.3 is 0 Å². The molecule has 8 heteroatoms. The molecule has 0 bridgehead atoms. The van der Waals surface area contributed by atoms with E-state index in [1.54, 1.807) is 14.2 Å². The first-order valence-corrected chi connectivity index (χ1v) is 11.7. The quantitative estimate of drug-likeness (QED) is 0.292. The highest BCUT2D eigenvalue weighted by Crippen LogP contribution is 2.25. The fraction of sp³-hybridized carbons (Fsp3) is 0.385. The highest BCUT2D eigenvalue weighted by Gasteiger charge is 2.08. The molecule has 34 heavy (non-hydrogen) atoms. The van der Waals surface area contributed by atoms with Crippen molar-refractivity contribution in [3.05, 3.63) is 47.8 Å². The molecule has 4 aromatic rings. The van der Waals surface area contributed by atoms with Gasteiger partial charge in [-0.3, -0.25) is 9.97 Å². The summed E-state index contributed by atoms with van der Waals surface area (Å²) in [4.78, 5) is 18.3. The van der Waals surface area contributed by atoms with Crippen LogP contribution in [-0.2, 0) is 0 Å². The predicted octanol–water partition coefficient (Wildman–Crippen LogP) is 5.29. The maximum absolute atomic E-state index is 5.28. The number of pyridine rings is 4. The zero-order valence-corrected chi connectivity index (χ0v) is 20.3. The van der Waals surface area contributed by atoms with Crippen LogP contribution in [0, 0.1) is 13.8 Å². The SMILES string of the molecule is COc1ccc2nc(C)cc(NCCCCCCNc3cc(C)nc4ccc(OC)nc34)c2n1. The van der Waals surface area contributed by atoms with E-state index in [2.05, 4.69) is 30.6 Å². The number of fused-ring (bicyclic) bond motifs is 2. The van der Waals surface area contributed by atoms with Gasteiger partial charge in [0, 0.05) is 36.6 Å². The van der Waals surface area contributed by atoms with Crippen LogP contribution in [-0.4, -0.2) is 47.2 Å². The summed E-state index contributed by atoms with van der Waals surface area (Å²) in [5, 5.41) is 7.07. The molecular formula is C26H32N6O2. The van der Waals surface area contributed by atoms with Gasteiger partial charge in [-0.2, -0.15) is 0 Å². The standard InChI is InChI=1S/C26H32N6O2/c1-17-15-21(25-19(29-17)9-11-23(31-25)33-3)27-13-7-5-6-8-14-28-22-16-18(2)30-20-10-12-24(34-4)32-26(20)22/h9-12,15-16H,5-8,13-14H2,1-4H3,(H,27,29)(H,28,30). The maximum Gasteiger partial charge on any atom is 0.213 e. The van der Waals surface area contributed by atoms with Crippen molar-refractivity contribution in [3.63, 3.8) is 0 Å². The number of hydrogen-bond acceptors (Lipinski definition) is 8. The molecule has 4 rings (SSSR count). The zero-order valence-electron chi connectivity index (χ0n) is 20.3. The number of aromatic nitrogens is 4. The largest absolute Gasteiger partial charge is 0.481 e. The highest BCUT2D eigenvalue weighted by atomic mass is 16.5. The molecule has 4 heterocycles. The van der Waals surface area contributed by atoms with E-state index in [0.717, 1.165) is 83.6 Å². The van der Waals surface area contributed by atoms with Gasteiger partial charge < -0.3 is 20.1 Å². The molecule has 0 saturated carbocycles. The molecule has 2 N–H and O–H groups in total. The number of nitrogens with zero attached hydrogens (tertiary/aromatic N) is 4. The fourth-order valence-electron chi connectivity index (χ4n) is 3.99. The second kappa shape index (κ2) is 11.0. The molecule has 0 amide bonds. The summed E-state index contributed by atoms with van der Waals surface area (Å²) in [7, 11) is 3.26. The van der Waals surface area contributed by atoms with Gasteiger partial charge in [0.2, 0.25) is 11.8 Å². The van der Waals surface area contributed by atoms with Crippen LogP contribution in [0.15, 0.2) is 36.4 Å². The molecule has 0 atom stereocenters. The summed E-state index contributed by atoms with van der Waals surface area (Å²) in [5.41, 5.74) is 7.40. The average Bonchev–Trinajstić information content (AvgIpc) is 2.84. The smallest absolute Gasteiger partial charge is 0.213 e. The summed E-state index contributed by atoms with van der Waals surface area (Å²) >= 11 is 0.